The molecule has 0 radical (unpaired) electrons. The van der Waals surface area contributed by atoms with Gasteiger partial charge in [-0.25, -0.2) is 4.98 Å². The van der Waals surface area contributed by atoms with Gasteiger partial charge in [0.2, 0.25) is 5.91 Å². The SMILES string of the molecule is NC(=O)c1cc(-c2ccc[nH]2)nc2ccccc12. The molecule has 18 heavy (non-hydrogen) atoms. The molecule has 0 aliphatic rings. The molecule has 2 aromatic heterocycles. The second-order valence-electron chi connectivity index (χ2n) is 4.02. The minimum absolute atomic E-state index is 0.443. The number of nitrogens with one attached hydrogen (secondary N) is 1. The average Bonchev–Trinajstić information content (AvgIpc) is 2.91. The van der Waals surface area contributed by atoms with Gasteiger partial charge in [0.05, 0.1) is 22.5 Å². The van der Waals surface area contributed by atoms with E-state index in [2.05, 4.69) is 9.97 Å². The third-order valence-electron chi connectivity index (χ3n) is 2.86. The minimum Gasteiger partial charge on any atom is -0.366 e. The molecule has 0 aliphatic carbocycles. The van der Waals surface area contributed by atoms with Gasteiger partial charge < -0.3 is 10.7 Å². The quantitative estimate of drug-likeness (QED) is 0.718. The number of amides is 1. The molecule has 1 aromatic carbocycles. The first-order chi connectivity index (χ1) is 8.75. The van der Waals surface area contributed by atoms with Crippen LogP contribution in [0, 0.1) is 0 Å². The summed E-state index contributed by atoms with van der Waals surface area (Å²) in [5.41, 5.74) is 8.26. The van der Waals surface area contributed by atoms with Gasteiger partial charge in [-0.3, -0.25) is 4.79 Å². The van der Waals surface area contributed by atoms with Crippen molar-refractivity contribution < 1.29 is 4.79 Å². The first kappa shape index (κ1) is 10.5. The maximum absolute atomic E-state index is 11.5. The second-order valence-corrected chi connectivity index (χ2v) is 4.02. The van der Waals surface area contributed by atoms with E-state index in [1.807, 2.05) is 42.6 Å². The summed E-state index contributed by atoms with van der Waals surface area (Å²) in [6.45, 7) is 0. The van der Waals surface area contributed by atoms with Crippen LogP contribution in [0.25, 0.3) is 22.3 Å². The normalized spacial score (nSPS) is 10.7. The highest BCUT2D eigenvalue weighted by molar-refractivity contribution is 6.06. The average molecular weight is 237 g/mol. The number of carbonyl (C=O) groups is 1. The number of H-pyrrole nitrogens is 1. The molecule has 0 unspecified atom stereocenters. The molecule has 4 heteroatoms. The smallest absolute Gasteiger partial charge is 0.249 e. The van der Waals surface area contributed by atoms with Gasteiger partial charge in [-0.2, -0.15) is 0 Å². The summed E-state index contributed by atoms with van der Waals surface area (Å²) in [5.74, 6) is -0.443. The van der Waals surface area contributed by atoms with Crippen LogP contribution >= 0.6 is 0 Å². The van der Waals surface area contributed by atoms with Gasteiger partial charge in [-0.15, -0.1) is 0 Å². The predicted octanol–water partition coefficient (Wildman–Crippen LogP) is 2.33. The van der Waals surface area contributed by atoms with Gasteiger partial charge in [0.15, 0.2) is 0 Å². The number of primary amides is 1. The highest BCUT2D eigenvalue weighted by atomic mass is 16.1. The van der Waals surface area contributed by atoms with Crippen LogP contribution in [0.5, 0.6) is 0 Å². The number of nitrogens with two attached hydrogens (primary N) is 1. The van der Waals surface area contributed by atoms with Gasteiger partial charge in [0, 0.05) is 11.6 Å². The fraction of sp³-hybridized carbons (Fsp3) is 0. The number of rotatable bonds is 2. The first-order valence-electron chi connectivity index (χ1n) is 5.59. The zero-order valence-corrected chi connectivity index (χ0v) is 9.55. The van der Waals surface area contributed by atoms with Crippen LogP contribution < -0.4 is 5.73 Å². The van der Waals surface area contributed by atoms with Gasteiger partial charge in [-0.05, 0) is 24.3 Å². The van der Waals surface area contributed by atoms with Gasteiger partial charge >= 0.3 is 0 Å². The second kappa shape index (κ2) is 4.00. The molecule has 3 rings (SSSR count). The number of hydrogen-bond donors (Lipinski definition) is 2. The van der Waals surface area contributed by atoms with E-state index >= 15 is 0 Å². The Kier molecular flexibility index (Phi) is 2.34. The van der Waals surface area contributed by atoms with Crippen molar-refractivity contribution in [2.45, 2.75) is 0 Å². The highest BCUT2D eigenvalue weighted by Gasteiger charge is 2.11. The van der Waals surface area contributed by atoms with E-state index in [0.717, 1.165) is 16.6 Å². The fourth-order valence-electron chi connectivity index (χ4n) is 2.01. The Balaban J connectivity index is 2.33. The van der Waals surface area contributed by atoms with E-state index in [1.165, 1.54) is 0 Å². The third-order valence-corrected chi connectivity index (χ3v) is 2.86. The zero-order valence-electron chi connectivity index (χ0n) is 9.55. The van der Waals surface area contributed by atoms with Gasteiger partial charge in [0.25, 0.3) is 0 Å². The van der Waals surface area contributed by atoms with Crippen LogP contribution in [0.4, 0.5) is 0 Å². The lowest BCUT2D eigenvalue weighted by Crippen LogP contribution is -2.12. The Labute approximate surface area is 103 Å². The number of benzene rings is 1. The lowest BCUT2D eigenvalue weighted by molar-refractivity contribution is 0.100. The number of fused-ring (bicyclic) bond motifs is 1. The summed E-state index contributed by atoms with van der Waals surface area (Å²) in [4.78, 5) is 19.1. The van der Waals surface area contributed by atoms with Crippen LogP contribution in [0.15, 0.2) is 48.7 Å². The topological polar surface area (TPSA) is 71.8 Å². The van der Waals surface area contributed by atoms with E-state index in [-0.39, 0.29) is 0 Å². The molecule has 0 spiro atoms. The number of aromatic nitrogens is 2. The summed E-state index contributed by atoms with van der Waals surface area (Å²) in [6, 6.07) is 13.0. The number of pyridine rings is 1. The van der Waals surface area contributed by atoms with Crippen molar-refractivity contribution in [3.63, 3.8) is 0 Å². The summed E-state index contributed by atoms with van der Waals surface area (Å²) < 4.78 is 0. The van der Waals surface area contributed by atoms with Crippen LogP contribution in [-0.4, -0.2) is 15.9 Å². The van der Waals surface area contributed by atoms with E-state index in [4.69, 9.17) is 5.73 Å². The van der Waals surface area contributed by atoms with E-state index in [0.29, 0.717) is 11.3 Å². The molecule has 2 heterocycles. The van der Waals surface area contributed by atoms with Crippen molar-refractivity contribution in [3.8, 4) is 11.4 Å². The van der Waals surface area contributed by atoms with Crippen molar-refractivity contribution in [2.24, 2.45) is 5.73 Å². The number of para-hydroxylation sites is 1. The number of nitrogens with zero attached hydrogens (tertiary/aromatic N) is 1. The Hall–Kier alpha value is -2.62. The lowest BCUT2D eigenvalue weighted by Gasteiger charge is -2.06. The molecule has 0 atom stereocenters. The van der Waals surface area contributed by atoms with Crippen LogP contribution in [0.1, 0.15) is 10.4 Å². The van der Waals surface area contributed by atoms with Crippen LogP contribution in [0.2, 0.25) is 0 Å². The van der Waals surface area contributed by atoms with Crippen molar-refractivity contribution in [1.82, 2.24) is 9.97 Å². The Morgan fingerprint density at radius 3 is 2.72 bits per heavy atom. The van der Waals surface area contributed by atoms with Crippen molar-refractivity contribution >= 4 is 16.8 Å². The molecule has 0 aliphatic heterocycles. The molecule has 0 fully saturated rings. The molecule has 3 N–H and O–H groups in total. The first-order valence-corrected chi connectivity index (χ1v) is 5.59. The minimum atomic E-state index is -0.443. The van der Waals surface area contributed by atoms with E-state index in [1.54, 1.807) is 6.07 Å². The molecule has 0 saturated carbocycles. The third kappa shape index (κ3) is 1.64. The predicted molar refractivity (Wildman–Crippen MR) is 70.0 cm³/mol. The molecular weight excluding hydrogens is 226 g/mol. The van der Waals surface area contributed by atoms with Gasteiger partial charge in [-0.1, -0.05) is 18.2 Å². The fourth-order valence-corrected chi connectivity index (χ4v) is 2.01. The largest absolute Gasteiger partial charge is 0.366 e. The molecule has 0 bridgehead atoms. The van der Waals surface area contributed by atoms with Crippen molar-refractivity contribution in [1.29, 1.82) is 0 Å². The Morgan fingerprint density at radius 2 is 2.00 bits per heavy atom. The highest BCUT2D eigenvalue weighted by Crippen LogP contribution is 2.23. The molecule has 1 amide bonds. The van der Waals surface area contributed by atoms with Crippen molar-refractivity contribution in [3.05, 3.63) is 54.2 Å². The maximum Gasteiger partial charge on any atom is 0.249 e. The molecule has 3 aromatic rings. The van der Waals surface area contributed by atoms with E-state index < -0.39 is 5.91 Å². The molecule has 88 valence electrons. The summed E-state index contributed by atoms with van der Waals surface area (Å²) >= 11 is 0. The molecule has 0 saturated heterocycles. The molecule has 4 nitrogen and oxygen atoms in total. The zero-order chi connectivity index (χ0) is 12.5. The Morgan fingerprint density at radius 1 is 1.17 bits per heavy atom. The maximum atomic E-state index is 11.5. The number of hydrogen-bond acceptors (Lipinski definition) is 2. The Bertz CT molecular complexity index is 717. The number of carbonyl (C=O) groups excluding carboxylic acids is 1. The summed E-state index contributed by atoms with van der Waals surface area (Å²) in [5, 5.41) is 0.778. The molecular formula is C14H11N3O. The standard InChI is InChI=1S/C14H11N3O/c15-14(18)10-8-13(12-6-3-7-16-12)17-11-5-2-1-4-9(10)11/h1-8,16H,(H2,15,18). The van der Waals surface area contributed by atoms with Crippen LogP contribution in [0.3, 0.4) is 0 Å². The number of aromatic amines is 1. The van der Waals surface area contributed by atoms with Crippen molar-refractivity contribution in [2.75, 3.05) is 0 Å². The van der Waals surface area contributed by atoms with Crippen LogP contribution in [-0.2, 0) is 0 Å². The van der Waals surface area contributed by atoms with E-state index in [9.17, 15) is 4.79 Å². The summed E-state index contributed by atoms with van der Waals surface area (Å²) in [6.07, 6.45) is 1.82. The summed E-state index contributed by atoms with van der Waals surface area (Å²) in [7, 11) is 0. The lowest BCUT2D eigenvalue weighted by atomic mass is 10.1. The monoisotopic (exact) mass is 237 g/mol. The van der Waals surface area contributed by atoms with Gasteiger partial charge in [0.1, 0.15) is 0 Å².